The SMILES string of the molecule is O=C(Nc1cc(-c2c(Cl)n3n(c2=O)CCCC3)c(F)cc1Cl)c1ccccc1C(F)(F)F. The number of hydrogen-bond donors (Lipinski definition) is 1. The molecule has 32 heavy (non-hydrogen) atoms. The lowest BCUT2D eigenvalue weighted by Gasteiger charge is -2.17. The lowest BCUT2D eigenvalue weighted by Crippen LogP contribution is -2.27. The molecule has 4 rings (SSSR count). The summed E-state index contributed by atoms with van der Waals surface area (Å²) in [5, 5.41) is 2.07. The van der Waals surface area contributed by atoms with E-state index < -0.39 is 34.6 Å². The van der Waals surface area contributed by atoms with E-state index in [0.717, 1.165) is 43.2 Å². The van der Waals surface area contributed by atoms with Gasteiger partial charge in [0.2, 0.25) is 0 Å². The monoisotopic (exact) mass is 487 g/mol. The predicted octanol–water partition coefficient (Wildman–Crippen LogP) is 5.83. The van der Waals surface area contributed by atoms with Gasteiger partial charge in [-0.3, -0.25) is 14.3 Å². The zero-order valence-electron chi connectivity index (χ0n) is 16.3. The van der Waals surface area contributed by atoms with E-state index in [1.807, 2.05) is 0 Å². The maximum atomic E-state index is 14.8. The molecule has 0 unspecified atom stereocenters. The summed E-state index contributed by atoms with van der Waals surface area (Å²) in [7, 11) is 0. The van der Waals surface area contributed by atoms with Gasteiger partial charge in [0.1, 0.15) is 11.0 Å². The molecule has 5 nitrogen and oxygen atoms in total. The molecule has 0 saturated heterocycles. The topological polar surface area (TPSA) is 56.0 Å². The summed E-state index contributed by atoms with van der Waals surface area (Å²) < 4.78 is 57.5. The van der Waals surface area contributed by atoms with Crippen LogP contribution in [0.25, 0.3) is 11.1 Å². The van der Waals surface area contributed by atoms with Crippen molar-refractivity contribution in [3.8, 4) is 11.1 Å². The minimum absolute atomic E-state index is 0.0376. The molecule has 1 aromatic heterocycles. The Hall–Kier alpha value is -2.78. The number of hydrogen-bond acceptors (Lipinski definition) is 2. The van der Waals surface area contributed by atoms with Gasteiger partial charge in [-0.2, -0.15) is 13.2 Å². The number of carbonyl (C=O) groups excluding carboxylic acids is 1. The highest BCUT2D eigenvalue weighted by atomic mass is 35.5. The molecule has 11 heteroatoms. The van der Waals surface area contributed by atoms with Gasteiger partial charge >= 0.3 is 6.18 Å². The van der Waals surface area contributed by atoms with E-state index >= 15 is 0 Å². The molecule has 1 N–H and O–H groups in total. The second-order valence-corrected chi connectivity index (χ2v) is 8.00. The molecule has 2 heterocycles. The summed E-state index contributed by atoms with van der Waals surface area (Å²) in [5.74, 6) is -1.94. The minimum Gasteiger partial charge on any atom is -0.321 e. The van der Waals surface area contributed by atoms with E-state index in [1.54, 1.807) is 4.68 Å². The van der Waals surface area contributed by atoms with Crippen LogP contribution in [0.1, 0.15) is 28.8 Å². The fourth-order valence-electron chi connectivity index (χ4n) is 3.71. The van der Waals surface area contributed by atoms with Crippen molar-refractivity contribution < 1.29 is 22.4 Å². The van der Waals surface area contributed by atoms with Crippen LogP contribution in [0.3, 0.4) is 0 Å². The van der Waals surface area contributed by atoms with Crippen LogP contribution in [0, 0.1) is 5.82 Å². The Morgan fingerprint density at radius 1 is 1.03 bits per heavy atom. The lowest BCUT2D eigenvalue weighted by molar-refractivity contribution is -0.137. The Balaban J connectivity index is 1.77. The largest absolute Gasteiger partial charge is 0.417 e. The van der Waals surface area contributed by atoms with Crippen molar-refractivity contribution >= 4 is 34.8 Å². The highest BCUT2D eigenvalue weighted by molar-refractivity contribution is 6.34. The number of rotatable bonds is 3. The van der Waals surface area contributed by atoms with Crippen molar-refractivity contribution in [2.45, 2.75) is 32.1 Å². The van der Waals surface area contributed by atoms with Crippen LogP contribution in [0.5, 0.6) is 0 Å². The summed E-state index contributed by atoms with van der Waals surface area (Å²) in [6, 6.07) is 6.21. The first-order chi connectivity index (χ1) is 15.1. The molecule has 1 aliphatic heterocycles. The zero-order valence-corrected chi connectivity index (χ0v) is 17.8. The molecule has 168 valence electrons. The lowest BCUT2D eigenvalue weighted by atomic mass is 10.1. The van der Waals surface area contributed by atoms with Crippen LogP contribution in [0.2, 0.25) is 10.2 Å². The number of carbonyl (C=O) groups is 1. The molecular formula is C21H15Cl2F4N3O2. The average molecular weight is 488 g/mol. The molecule has 3 aromatic rings. The first-order valence-electron chi connectivity index (χ1n) is 9.55. The Bertz CT molecular complexity index is 1280. The quantitative estimate of drug-likeness (QED) is 0.472. The Morgan fingerprint density at radius 2 is 1.69 bits per heavy atom. The van der Waals surface area contributed by atoms with Crippen LogP contribution in [-0.4, -0.2) is 15.3 Å². The standard InChI is InChI=1S/C21H15Cl2F4N3O2/c22-14-10-15(24)12(17-18(23)29-7-3-4-8-30(29)20(17)32)9-16(14)28-19(31)11-5-1-2-6-13(11)21(25,26)27/h1-2,5-6,9-10H,3-4,7-8H2,(H,28,31). The van der Waals surface area contributed by atoms with Crippen molar-refractivity contribution in [2.24, 2.45) is 0 Å². The number of nitrogens with zero attached hydrogens (tertiary/aromatic N) is 2. The third-order valence-electron chi connectivity index (χ3n) is 5.21. The molecule has 1 aliphatic rings. The number of anilines is 1. The number of fused-ring (bicyclic) bond motifs is 1. The Labute approximate surface area is 189 Å². The van der Waals surface area contributed by atoms with Gasteiger partial charge in [0.05, 0.1) is 27.4 Å². The van der Waals surface area contributed by atoms with Crippen molar-refractivity contribution in [1.82, 2.24) is 9.36 Å². The van der Waals surface area contributed by atoms with Gasteiger partial charge in [0.25, 0.3) is 11.5 Å². The van der Waals surface area contributed by atoms with E-state index in [2.05, 4.69) is 5.32 Å². The second kappa shape index (κ2) is 8.29. The molecule has 0 spiro atoms. The third kappa shape index (κ3) is 3.91. The first-order valence-corrected chi connectivity index (χ1v) is 10.3. The van der Waals surface area contributed by atoms with Crippen LogP contribution in [-0.2, 0) is 19.3 Å². The predicted molar refractivity (Wildman–Crippen MR) is 113 cm³/mol. The molecule has 0 saturated carbocycles. The van der Waals surface area contributed by atoms with E-state index in [1.165, 1.54) is 10.7 Å². The highest BCUT2D eigenvalue weighted by Crippen LogP contribution is 2.36. The number of nitrogens with one attached hydrogen (secondary N) is 1. The summed E-state index contributed by atoms with van der Waals surface area (Å²) in [6.07, 6.45) is -3.18. The van der Waals surface area contributed by atoms with Gasteiger partial charge in [0, 0.05) is 18.7 Å². The fourth-order valence-corrected chi connectivity index (χ4v) is 4.26. The van der Waals surface area contributed by atoms with Gasteiger partial charge in [-0.15, -0.1) is 0 Å². The van der Waals surface area contributed by atoms with Crippen LogP contribution in [0.15, 0.2) is 41.2 Å². The first kappa shape index (κ1) is 22.4. The van der Waals surface area contributed by atoms with Crippen molar-refractivity contribution in [3.63, 3.8) is 0 Å². The van der Waals surface area contributed by atoms with Gasteiger partial charge in [-0.25, -0.2) is 9.07 Å². The zero-order chi connectivity index (χ0) is 23.2. The molecule has 0 fully saturated rings. The Kier molecular flexibility index (Phi) is 5.81. The molecular weight excluding hydrogens is 473 g/mol. The fraction of sp³-hybridized carbons (Fsp3) is 0.238. The van der Waals surface area contributed by atoms with E-state index in [0.29, 0.717) is 13.1 Å². The third-order valence-corrected chi connectivity index (χ3v) is 5.91. The maximum Gasteiger partial charge on any atom is 0.417 e. The Morgan fingerprint density at radius 3 is 2.34 bits per heavy atom. The molecule has 0 atom stereocenters. The van der Waals surface area contributed by atoms with Gasteiger partial charge < -0.3 is 5.32 Å². The molecule has 0 bridgehead atoms. The number of amides is 1. The number of halogens is 6. The van der Waals surface area contributed by atoms with E-state index in [9.17, 15) is 27.2 Å². The van der Waals surface area contributed by atoms with E-state index in [4.69, 9.17) is 23.2 Å². The van der Waals surface area contributed by atoms with Gasteiger partial charge in [0.15, 0.2) is 0 Å². The highest BCUT2D eigenvalue weighted by Gasteiger charge is 2.35. The van der Waals surface area contributed by atoms with Crippen LogP contribution >= 0.6 is 23.2 Å². The number of benzene rings is 2. The number of alkyl halides is 3. The average Bonchev–Trinajstić information content (AvgIpc) is 3.00. The van der Waals surface area contributed by atoms with Gasteiger partial charge in [-0.1, -0.05) is 35.3 Å². The van der Waals surface area contributed by atoms with Crippen molar-refractivity contribution in [3.05, 3.63) is 73.9 Å². The normalized spacial score (nSPS) is 13.7. The smallest absolute Gasteiger partial charge is 0.321 e. The molecule has 0 aliphatic carbocycles. The summed E-state index contributed by atoms with van der Waals surface area (Å²) >= 11 is 12.4. The molecule has 1 amide bonds. The molecule has 0 radical (unpaired) electrons. The van der Waals surface area contributed by atoms with Gasteiger partial charge in [-0.05, 0) is 37.1 Å². The summed E-state index contributed by atoms with van der Waals surface area (Å²) in [6.45, 7) is 0.909. The minimum atomic E-state index is -4.75. The van der Waals surface area contributed by atoms with E-state index in [-0.39, 0.29) is 27.0 Å². The summed E-state index contributed by atoms with van der Waals surface area (Å²) in [5.41, 5.74) is -2.73. The number of aromatic nitrogens is 2. The van der Waals surface area contributed by atoms with Crippen molar-refractivity contribution in [2.75, 3.05) is 5.32 Å². The molecule has 2 aromatic carbocycles. The van der Waals surface area contributed by atoms with Crippen LogP contribution < -0.4 is 10.9 Å². The maximum absolute atomic E-state index is 14.8. The van der Waals surface area contributed by atoms with Crippen LogP contribution in [0.4, 0.5) is 23.2 Å². The summed E-state index contributed by atoms with van der Waals surface area (Å²) in [4.78, 5) is 25.4. The second-order valence-electron chi connectivity index (χ2n) is 7.23. The van der Waals surface area contributed by atoms with Crippen molar-refractivity contribution in [1.29, 1.82) is 0 Å².